The first-order valence-corrected chi connectivity index (χ1v) is 7.99. The largest absolute Gasteiger partial charge is 0.481 e. The van der Waals surface area contributed by atoms with Crippen molar-refractivity contribution in [3.05, 3.63) is 0 Å². The molecule has 0 aromatic heterocycles. The molecule has 7 nitrogen and oxygen atoms in total. The van der Waals surface area contributed by atoms with Gasteiger partial charge in [0.25, 0.3) is 0 Å². The lowest BCUT2D eigenvalue weighted by atomic mass is 9.69. The van der Waals surface area contributed by atoms with Gasteiger partial charge in [-0.1, -0.05) is 0 Å². The second kappa shape index (κ2) is 6.47. The molecule has 1 N–H and O–H groups in total. The molecular weight excluding hydrogens is 302 g/mol. The van der Waals surface area contributed by atoms with E-state index in [0.29, 0.717) is 6.54 Å². The molecule has 1 amide bonds. The molecule has 0 spiro atoms. The molecule has 1 aliphatic heterocycles. The summed E-state index contributed by atoms with van der Waals surface area (Å²) in [6.45, 7) is 6.18. The number of carbonyl (C=O) groups excluding carboxylic acids is 2. The van der Waals surface area contributed by atoms with Crippen LogP contribution in [0.15, 0.2) is 0 Å². The standard InChI is InChI=1S/C16H25NO6/c1-15(2,3)23-14(21)17-8-9-22-12(10-17)16(13(19)20)6-4-11(18)5-7-16/h12H,4-10H2,1-3H3,(H,19,20). The van der Waals surface area contributed by atoms with E-state index in [9.17, 15) is 19.5 Å². The smallest absolute Gasteiger partial charge is 0.410 e. The van der Waals surface area contributed by atoms with E-state index in [1.807, 2.05) is 0 Å². The molecule has 1 unspecified atom stereocenters. The Morgan fingerprint density at radius 1 is 1.30 bits per heavy atom. The van der Waals surface area contributed by atoms with E-state index in [2.05, 4.69) is 0 Å². The van der Waals surface area contributed by atoms with Crippen LogP contribution in [0, 0.1) is 5.41 Å². The zero-order valence-corrected chi connectivity index (χ0v) is 14.0. The molecule has 0 radical (unpaired) electrons. The van der Waals surface area contributed by atoms with Crippen LogP contribution in [0.4, 0.5) is 4.79 Å². The molecule has 130 valence electrons. The molecule has 1 saturated heterocycles. The average molecular weight is 327 g/mol. The number of ether oxygens (including phenoxy) is 2. The van der Waals surface area contributed by atoms with Gasteiger partial charge in [-0.2, -0.15) is 0 Å². The minimum Gasteiger partial charge on any atom is -0.481 e. The van der Waals surface area contributed by atoms with E-state index in [1.165, 1.54) is 4.90 Å². The Bertz CT molecular complexity index is 485. The van der Waals surface area contributed by atoms with Crippen LogP contribution in [0.3, 0.4) is 0 Å². The van der Waals surface area contributed by atoms with Crippen molar-refractivity contribution in [3.8, 4) is 0 Å². The van der Waals surface area contributed by atoms with Crippen LogP contribution in [-0.2, 0) is 19.1 Å². The Kier molecular flexibility index (Phi) is 4.98. The van der Waals surface area contributed by atoms with Crippen molar-refractivity contribution in [3.63, 3.8) is 0 Å². The quantitative estimate of drug-likeness (QED) is 0.832. The molecule has 1 heterocycles. The summed E-state index contributed by atoms with van der Waals surface area (Å²) >= 11 is 0. The lowest BCUT2D eigenvalue weighted by molar-refractivity contribution is -0.171. The number of aliphatic carboxylic acids is 1. The first-order chi connectivity index (χ1) is 10.6. The van der Waals surface area contributed by atoms with E-state index < -0.39 is 29.2 Å². The van der Waals surface area contributed by atoms with Gasteiger partial charge < -0.3 is 19.5 Å². The lowest BCUT2D eigenvalue weighted by Crippen LogP contribution is -2.56. The van der Waals surface area contributed by atoms with Crippen molar-refractivity contribution in [2.24, 2.45) is 5.41 Å². The fourth-order valence-electron chi connectivity index (χ4n) is 3.12. The maximum atomic E-state index is 12.2. The SMILES string of the molecule is CC(C)(C)OC(=O)N1CCOC(C2(C(=O)O)CCC(=O)CC2)C1. The Morgan fingerprint density at radius 2 is 1.91 bits per heavy atom. The second-order valence-corrected chi connectivity index (χ2v) is 7.29. The Hall–Kier alpha value is -1.63. The van der Waals surface area contributed by atoms with E-state index >= 15 is 0 Å². The van der Waals surface area contributed by atoms with Crippen LogP contribution in [0.5, 0.6) is 0 Å². The summed E-state index contributed by atoms with van der Waals surface area (Å²) in [5, 5.41) is 9.71. The Labute approximate surface area is 135 Å². The van der Waals surface area contributed by atoms with Crippen molar-refractivity contribution in [1.82, 2.24) is 4.90 Å². The highest BCUT2D eigenvalue weighted by Gasteiger charge is 2.50. The van der Waals surface area contributed by atoms with Crippen LogP contribution in [0.25, 0.3) is 0 Å². The number of nitrogens with zero attached hydrogens (tertiary/aromatic N) is 1. The summed E-state index contributed by atoms with van der Waals surface area (Å²) in [5.41, 5.74) is -1.71. The summed E-state index contributed by atoms with van der Waals surface area (Å²) in [4.78, 5) is 37.0. The van der Waals surface area contributed by atoms with E-state index in [-0.39, 0.29) is 44.6 Å². The fourth-order valence-corrected chi connectivity index (χ4v) is 3.12. The number of carboxylic acids is 1. The second-order valence-electron chi connectivity index (χ2n) is 7.29. The third-order valence-corrected chi connectivity index (χ3v) is 4.46. The molecule has 2 fully saturated rings. The number of morpholine rings is 1. The highest BCUT2D eigenvalue weighted by Crippen LogP contribution is 2.41. The summed E-state index contributed by atoms with van der Waals surface area (Å²) < 4.78 is 11.0. The average Bonchev–Trinajstić information content (AvgIpc) is 2.46. The summed E-state index contributed by atoms with van der Waals surface area (Å²) in [5.74, 6) is -0.872. The van der Waals surface area contributed by atoms with Crippen molar-refractivity contribution < 1.29 is 29.0 Å². The topological polar surface area (TPSA) is 93.1 Å². The summed E-state index contributed by atoms with van der Waals surface area (Å²) in [6, 6.07) is 0. The van der Waals surface area contributed by atoms with Crippen LogP contribution in [0.1, 0.15) is 46.5 Å². The molecule has 2 aliphatic rings. The monoisotopic (exact) mass is 327 g/mol. The summed E-state index contributed by atoms with van der Waals surface area (Å²) in [6.07, 6.45) is -0.0632. The van der Waals surface area contributed by atoms with E-state index in [4.69, 9.17) is 9.47 Å². The maximum Gasteiger partial charge on any atom is 0.410 e. The maximum absolute atomic E-state index is 12.2. The van der Waals surface area contributed by atoms with Crippen LogP contribution in [-0.4, -0.2) is 59.3 Å². The zero-order chi connectivity index (χ0) is 17.3. The van der Waals surface area contributed by atoms with E-state index in [1.54, 1.807) is 20.8 Å². The third kappa shape index (κ3) is 4.02. The van der Waals surface area contributed by atoms with Crippen molar-refractivity contribution in [2.45, 2.75) is 58.2 Å². The molecule has 0 bridgehead atoms. The van der Waals surface area contributed by atoms with Crippen molar-refractivity contribution in [2.75, 3.05) is 19.7 Å². The van der Waals surface area contributed by atoms with Gasteiger partial charge in [0.1, 0.15) is 11.4 Å². The number of ketones is 1. The van der Waals surface area contributed by atoms with Gasteiger partial charge in [-0.15, -0.1) is 0 Å². The molecule has 1 aliphatic carbocycles. The third-order valence-electron chi connectivity index (χ3n) is 4.46. The number of hydrogen-bond acceptors (Lipinski definition) is 5. The van der Waals surface area contributed by atoms with Gasteiger partial charge in [-0.25, -0.2) is 4.79 Å². The molecular formula is C16H25NO6. The number of amides is 1. The molecule has 23 heavy (non-hydrogen) atoms. The highest BCUT2D eigenvalue weighted by atomic mass is 16.6. The molecule has 0 aromatic rings. The molecule has 1 saturated carbocycles. The fraction of sp³-hybridized carbons (Fsp3) is 0.812. The van der Waals surface area contributed by atoms with Crippen molar-refractivity contribution in [1.29, 1.82) is 0 Å². The van der Waals surface area contributed by atoms with Gasteiger partial charge in [0.15, 0.2) is 0 Å². The van der Waals surface area contributed by atoms with Crippen LogP contribution >= 0.6 is 0 Å². The van der Waals surface area contributed by atoms with Crippen LogP contribution < -0.4 is 0 Å². The minimum atomic E-state index is -1.10. The Balaban J connectivity index is 2.11. The first-order valence-electron chi connectivity index (χ1n) is 7.99. The highest BCUT2D eigenvalue weighted by molar-refractivity contribution is 5.84. The molecule has 2 rings (SSSR count). The predicted molar refractivity (Wildman–Crippen MR) is 81.1 cm³/mol. The number of carboxylic acid groups (broad SMARTS) is 1. The van der Waals surface area contributed by atoms with Gasteiger partial charge in [0.05, 0.1) is 24.7 Å². The Morgan fingerprint density at radius 3 is 2.43 bits per heavy atom. The first kappa shape index (κ1) is 17.7. The number of Topliss-reactive ketones (excluding diaryl/α,β-unsaturated/α-hetero) is 1. The normalized spacial score (nSPS) is 25.1. The van der Waals surface area contributed by atoms with Gasteiger partial charge in [0, 0.05) is 19.4 Å². The van der Waals surface area contributed by atoms with Gasteiger partial charge in [-0.05, 0) is 33.6 Å². The summed E-state index contributed by atoms with van der Waals surface area (Å²) in [7, 11) is 0. The minimum absolute atomic E-state index is 0.0849. The predicted octanol–water partition coefficient (Wildman–Crippen LogP) is 1.84. The zero-order valence-electron chi connectivity index (χ0n) is 14.0. The number of hydrogen-bond donors (Lipinski definition) is 1. The van der Waals surface area contributed by atoms with Gasteiger partial charge in [-0.3, -0.25) is 9.59 Å². The molecule has 0 aromatic carbocycles. The van der Waals surface area contributed by atoms with Gasteiger partial charge >= 0.3 is 12.1 Å². The molecule has 7 heteroatoms. The lowest BCUT2D eigenvalue weighted by Gasteiger charge is -2.44. The van der Waals surface area contributed by atoms with Crippen LogP contribution in [0.2, 0.25) is 0 Å². The van der Waals surface area contributed by atoms with E-state index in [0.717, 1.165) is 0 Å². The molecule has 1 atom stereocenters. The van der Waals surface area contributed by atoms with Crippen molar-refractivity contribution >= 4 is 17.8 Å². The number of rotatable bonds is 2. The number of carbonyl (C=O) groups is 3. The van der Waals surface area contributed by atoms with Gasteiger partial charge in [0.2, 0.25) is 0 Å².